The van der Waals surface area contributed by atoms with Crippen molar-refractivity contribution >= 4 is 22.4 Å². The van der Waals surface area contributed by atoms with Gasteiger partial charge in [0.25, 0.3) is 0 Å². The molecule has 1 atom stereocenters. The van der Waals surface area contributed by atoms with Crippen molar-refractivity contribution < 1.29 is 22.0 Å². The van der Waals surface area contributed by atoms with Crippen molar-refractivity contribution in [2.75, 3.05) is 0 Å². The van der Waals surface area contributed by atoms with Crippen molar-refractivity contribution in [1.82, 2.24) is 0 Å². The van der Waals surface area contributed by atoms with Crippen LogP contribution in [0.3, 0.4) is 0 Å². The number of hydrogen-bond acceptors (Lipinski definition) is 0. The van der Waals surface area contributed by atoms with Gasteiger partial charge in [-0.3, -0.25) is 0 Å². The molecule has 1 unspecified atom stereocenters. The molecule has 0 N–H and O–H groups in total. The Hall–Kier alpha value is -1.36. The standard InChI is InChI=1S/C15H10ClF5/c16-13(14(17,18)15(19,20)21)11-7-6-9-5-4-8-2-1-3-10(11)12(8)9/h1-3,6-7,13H,4-5H2. The lowest BCUT2D eigenvalue weighted by atomic mass is 9.95. The summed E-state index contributed by atoms with van der Waals surface area (Å²) >= 11 is 5.52. The third kappa shape index (κ3) is 2.09. The second kappa shape index (κ2) is 4.57. The highest BCUT2D eigenvalue weighted by atomic mass is 35.5. The van der Waals surface area contributed by atoms with Crippen molar-refractivity contribution in [3.8, 4) is 0 Å². The summed E-state index contributed by atoms with van der Waals surface area (Å²) < 4.78 is 64.5. The third-order valence-corrected chi connectivity index (χ3v) is 4.39. The number of rotatable bonds is 2. The monoisotopic (exact) mass is 320 g/mol. The molecular weight excluding hydrogens is 311 g/mol. The molecule has 2 aromatic rings. The summed E-state index contributed by atoms with van der Waals surface area (Å²) in [5.74, 6) is -4.98. The van der Waals surface area contributed by atoms with E-state index in [1.165, 1.54) is 6.07 Å². The van der Waals surface area contributed by atoms with Crippen LogP contribution in [-0.4, -0.2) is 12.1 Å². The van der Waals surface area contributed by atoms with E-state index >= 15 is 0 Å². The molecule has 0 amide bonds. The predicted molar refractivity (Wildman–Crippen MR) is 71.0 cm³/mol. The highest BCUT2D eigenvalue weighted by Gasteiger charge is 2.62. The van der Waals surface area contributed by atoms with Gasteiger partial charge in [0.2, 0.25) is 0 Å². The summed E-state index contributed by atoms with van der Waals surface area (Å²) in [7, 11) is 0. The molecule has 0 fully saturated rings. The number of halogens is 6. The van der Waals surface area contributed by atoms with Gasteiger partial charge in [-0.1, -0.05) is 30.3 Å². The molecule has 0 saturated heterocycles. The normalized spacial score (nSPS) is 16.5. The highest BCUT2D eigenvalue weighted by molar-refractivity contribution is 6.22. The van der Waals surface area contributed by atoms with Gasteiger partial charge in [0.05, 0.1) is 0 Å². The Morgan fingerprint density at radius 3 is 2.14 bits per heavy atom. The first kappa shape index (κ1) is 14.6. The fourth-order valence-corrected chi connectivity index (χ4v) is 3.14. The molecule has 21 heavy (non-hydrogen) atoms. The quantitative estimate of drug-likeness (QED) is 0.512. The Labute approximate surface area is 122 Å². The molecule has 0 nitrogen and oxygen atoms in total. The fourth-order valence-electron chi connectivity index (χ4n) is 2.83. The van der Waals surface area contributed by atoms with E-state index in [9.17, 15) is 22.0 Å². The van der Waals surface area contributed by atoms with Gasteiger partial charge in [-0.15, -0.1) is 11.6 Å². The minimum Gasteiger partial charge on any atom is -0.194 e. The van der Waals surface area contributed by atoms with Gasteiger partial charge < -0.3 is 0 Å². The van der Waals surface area contributed by atoms with Crippen LogP contribution in [0.25, 0.3) is 10.8 Å². The van der Waals surface area contributed by atoms with Crippen molar-refractivity contribution in [3.63, 3.8) is 0 Å². The van der Waals surface area contributed by atoms with Crippen LogP contribution in [0, 0.1) is 0 Å². The molecule has 3 rings (SSSR count). The van der Waals surface area contributed by atoms with Crippen molar-refractivity contribution in [2.24, 2.45) is 0 Å². The van der Waals surface area contributed by atoms with Crippen LogP contribution >= 0.6 is 11.6 Å². The summed E-state index contributed by atoms with van der Waals surface area (Å²) in [5, 5.41) is -1.30. The van der Waals surface area contributed by atoms with Crippen molar-refractivity contribution in [1.29, 1.82) is 0 Å². The summed E-state index contributed by atoms with van der Waals surface area (Å²) in [4.78, 5) is 0. The molecule has 0 bridgehead atoms. The van der Waals surface area contributed by atoms with Gasteiger partial charge >= 0.3 is 12.1 Å². The fraction of sp³-hybridized carbons (Fsp3) is 0.333. The summed E-state index contributed by atoms with van der Waals surface area (Å²) in [6, 6.07) is 7.93. The van der Waals surface area contributed by atoms with Crippen molar-refractivity contribution in [3.05, 3.63) is 47.0 Å². The van der Waals surface area contributed by atoms with Crippen LogP contribution in [0.5, 0.6) is 0 Å². The molecule has 0 heterocycles. The zero-order chi connectivity index (χ0) is 15.4. The minimum absolute atomic E-state index is 0.179. The smallest absolute Gasteiger partial charge is 0.194 e. The number of hydrogen-bond donors (Lipinski definition) is 0. The zero-order valence-corrected chi connectivity index (χ0v) is 11.4. The van der Waals surface area contributed by atoms with Gasteiger partial charge in [-0.2, -0.15) is 22.0 Å². The molecule has 0 saturated carbocycles. The largest absolute Gasteiger partial charge is 0.455 e. The average Bonchev–Trinajstić information content (AvgIpc) is 2.83. The van der Waals surface area contributed by atoms with Crippen LogP contribution in [0.2, 0.25) is 0 Å². The Bertz CT molecular complexity index is 695. The molecule has 0 spiro atoms. The Balaban J connectivity index is 2.19. The molecular formula is C15H10ClF5. The van der Waals surface area contributed by atoms with Gasteiger partial charge in [-0.25, -0.2) is 0 Å². The van der Waals surface area contributed by atoms with E-state index in [2.05, 4.69) is 0 Å². The number of benzene rings is 2. The van der Waals surface area contributed by atoms with Gasteiger partial charge in [-0.05, 0) is 40.3 Å². The average molecular weight is 321 g/mol. The summed E-state index contributed by atoms with van der Waals surface area (Å²) in [6.07, 6.45) is -4.15. The topological polar surface area (TPSA) is 0 Å². The van der Waals surface area contributed by atoms with Crippen LogP contribution in [0.15, 0.2) is 30.3 Å². The lowest BCUT2D eigenvalue weighted by Gasteiger charge is -2.25. The van der Waals surface area contributed by atoms with E-state index in [0.29, 0.717) is 5.39 Å². The second-order valence-corrected chi connectivity index (χ2v) is 5.57. The van der Waals surface area contributed by atoms with E-state index in [1.807, 2.05) is 6.07 Å². The predicted octanol–water partition coefficient (Wildman–Crippen LogP) is 5.42. The van der Waals surface area contributed by atoms with Crippen LogP contribution in [0.4, 0.5) is 22.0 Å². The maximum Gasteiger partial charge on any atom is 0.455 e. The molecule has 112 valence electrons. The second-order valence-electron chi connectivity index (χ2n) is 5.14. The third-order valence-electron chi connectivity index (χ3n) is 3.88. The molecule has 6 heteroatoms. The number of aryl methyl sites for hydroxylation is 2. The molecule has 0 aliphatic heterocycles. The Kier molecular flexibility index (Phi) is 3.17. The first-order chi connectivity index (χ1) is 9.73. The van der Waals surface area contributed by atoms with E-state index in [0.717, 1.165) is 29.4 Å². The minimum atomic E-state index is -5.68. The Morgan fingerprint density at radius 1 is 0.905 bits per heavy atom. The van der Waals surface area contributed by atoms with Crippen molar-refractivity contribution in [2.45, 2.75) is 30.3 Å². The van der Waals surface area contributed by atoms with E-state index < -0.39 is 17.5 Å². The molecule has 0 radical (unpaired) electrons. The van der Waals surface area contributed by atoms with Crippen LogP contribution < -0.4 is 0 Å². The summed E-state index contributed by atoms with van der Waals surface area (Å²) in [6.45, 7) is 0. The lowest BCUT2D eigenvalue weighted by Crippen LogP contribution is -2.40. The van der Waals surface area contributed by atoms with Gasteiger partial charge in [0, 0.05) is 0 Å². The van der Waals surface area contributed by atoms with Crippen LogP contribution in [0.1, 0.15) is 22.1 Å². The maximum absolute atomic E-state index is 13.5. The SMILES string of the molecule is FC(F)(F)C(F)(F)C(Cl)c1ccc2c3c(cccc13)CC2. The molecule has 0 aromatic heterocycles. The van der Waals surface area contributed by atoms with Gasteiger partial charge in [0.15, 0.2) is 0 Å². The first-order valence-corrected chi connectivity index (χ1v) is 6.79. The van der Waals surface area contributed by atoms with Crippen LogP contribution in [-0.2, 0) is 12.8 Å². The molecule has 1 aliphatic rings. The highest BCUT2D eigenvalue weighted by Crippen LogP contribution is 2.50. The molecule has 1 aliphatic carbocycles. The Morgan fingerprint density at radius 2 is 1.52 bits per heavy atom. The maximum atomic E-state index is 13.5. The van der Waals surface area contributed by atoms with E-state index in [1.54, 1.807) is 18.2 Å². The lowest BCUT2D eigenvalue weighted by molar-refractivity contribution is -0.283. The summed E-state index contributed by atoms with van der Waals surface area (Å²) in [5.41, 5.74) is 1.74. The first-order valence-electron chi connectivity index (χ1n) is 6.35. The molecule has 2 aromatic carbocycles. The number of alkyl halides is 6. The van der Waals surface area contributed by atoms with E-state index in [-0.39, 0.29) is 5.56 Å². The van der Waals surface area contributed by atoms with E-state index in [4.69, 9.17) is 11.6 Å². The van der Waals surface area contributed by atoms with Gasteiger partial charge in [0.1, 0.15) is 5.38 Å². The zero-order valence-electron chi connectivity index (χ0n) is 10.6.